The van der Waals surface area contributed by atoms with Crippen molar-refractivity contribution in [3.05, 3.63) is 16.7 Å². The molecule has 0 fully saturated rings. The van der Waals surface area contributed by atoms with Gasteiger partial charge in [-0.3, -0.25) is 4.58 Å². The monoisotopic (exact) mass is 131 g/mol. The lowest BCUT2D eigenvalue weighted by Gasteiger charge is -2.21. The summed E-state index contributed by atoms with van der Waals surface area (Å²) in [4.78, 5) is 0. The summed E-state index contributed by atoms with van der Waals surface area (Å²) in [7, 11) is -1.59. The van der Waals surface area contributed by atoms with Gasteiger partial charge in [-0.05, 0) is 6.08 Å². The van der Waals surface area contributed by atoms with Gasteiger partial charge < -0.3 is 5.21 Å². The Morgan fingerprint density at radius 3 is 2.88 bits per heavy atom. The van der Waals surface area contributed by atoms with Gasteiger partial charge in [0, 0.05) is 11.6 Å². The van der Waals surface area contributed by atoms with Crippen LogP contribution in [0.1, 0.15) is 0 Å². The molecule has 0 aromatic heterocycles. The van der Waals surface area contributed by atoms with E-state index < -0.39 is 11.0 Å². The number of hydrogen-bond acceptors (Lipinski definition) is 3. The first-order chi connectivity index (χ1) is 3.80. The molecule has 0 aromatic carbocycles. The van der Waals surface area contributed by atoms with Gasteiger partial charge in [0.05, 0.1) is 0 Å². The van der Waals surface area contributed by atoms with Crippen molar-refractivity contribution in [2.75, 3.05) is 0 Å². The molecule has 5 heteroatoms. The molecule has 0 aromatic rings. The zero-order valence-electron chi connectivity index (χ0n) is 3.85. The van der Waals surface area contributed by atoms with Gasteiger partial charge in [0.1, 0.15) is 0 Å². The first-order valence-corrected chi connectivity index (χ1v) is 3.06. The molecule has 0 aliphatic carbocycles. The van der Waals surface area contributed by atoms with Gasteiger partial charge >= 0.3 is 0 Å². The molecule has 0 saturated carbocycles. The molecule has 1 atom stereocenters. The third kappa shape index (κ3) is 0.932. The van der Waals surface area contributed by atoms with Crippen LogP contribution in [-0.2, 0) is 11.0 Å². The highest BCUT2D eigenvalue weighted by Crippen LogP contribution is 1.97. The minimum atomic E-state index is -1.59. The van der Waals surface area contributed by atoms with E-state index in [0.717, 1.165) is 0 Å². The van der Waals surface area contributed by atoms with Gasteiger partial charge in [0.2, 0.25) is 0 Å². The summed E-state index contributed by atoms with van der Waals surface area (Å²) in [5.74, 6) is 0. The van der Waals surface area contributed by atoms with Crippen molar-refractivity contribution in [3.63, 3.8) is 0 Å². The Morgan fingerprint density at radius 1 is 1.75 bits per heavy atom. The third-order valence-corrected chi connectivity index (χ3v) is 1.39. The van der Waals surface area contributed by atoms with Crippen LogP contribution in [-0.4, -0.2) is 15.0 Å². The van der Waals surface area contributed by atoms with Crippen LogP contribution >= 0.6 is 0 Å². The van der Waals surface area contributed by atoms with E-state index in [1.165, 1.54) is 17.7 Å². The van der Waals surface area contributed by atoms with Crippen molar-refractivity contribution in [2.45, 2.75) is 0 Å². The van der Waals surface area contributed by atoms with Gasteiger partial charge in [0.15, 0.2) is 11.0 Å². The van der Waals surface area contributed by atoms with Gasteiger partial charge in [-0.15, -0.1) is 0 Å². The quantitative estimate of drug-likeness (QED) is 0.463. The summed E-state index contributed by atoms with van der Waals surface area (Å²) in [5.41, 5.74) is 0. The molecule has 1 rings (SSSR count). The Kier molecular flexibility index (Phi) is 1.40. The topological polar surface area (TPSA) is 55.7 Å². The van der Waals surface area contributed by atoms with Crippen molar-refractivity contribution in [2.24, 2.45) is 5.10 Å². The lowest BCUT2D eigenvalue weighted by molar-refractivity contribution is 0.603. The van der Waals surface area contributed by atoms with E-state index in [1.54, 1.807) is 0 Å². The van der Waals surface area contributed by atoms with Crippen molar-refractivity contribution < 1.29 is 4.21 Å². The Labute approximate surface area is 48.7 Å². The molecular formula is C3H3N2O2S-. The molecule has 8 heavy (non-hydrogen) atoms. The Balaban J connectivity index is 2.74. The summed E-state index contributed by atoms with van der Waals surface area (Å²) in [6.07, 6.45) is 2.75. The van der Waals surface area contributed by atoms with E-state index >= 15 is 0 Å². The van der Waals surface area contributed by atoms with Crippen LogP contribution in [0, 0.1) is 5.21 Å². The molecule has 0 bridgehead atoms. The number of allylic oxidation sites excluding steroid dienone is 1. The fraction of sp³-hybridized carbons (Fsp3) is 0. The maximum Gasteiger partial charge on any atom is 0.151 e. The van der Waals surface area contributed by atoms with Gasteiger partial charge in [-0.1, -0.05) is 0 Å². The highest BCUT2D eigenvalue weighted by Gasteiger charge is 1.94. The maximum atomic E-state index is 10.3. The molecule has 1 aliphatic heterocycles. The van der Waals surface area contributed by atoms with Crippen LogP contribution in [0.4, 0.5) is 0 Å². The minimum Gasteiger partial charge on any atom is -0.729 e. The zero-order chi connectivity index (χ0) is 5.98. The van der Waals surface area contributed by atoms with E-state index in [1.807, 2.05) is 0 Å². The van der Waals surface area contributed by atoms with Crippen LogP contribution in [0.5, 0.6) is 0 Å². The minimum absolute atomic E-state index is 0.139. The number of hydrazone groups is 1. The van der Waals surface area contributed by atoms with Gasteiger partial charge in [-0.25, -0.2) is 4.21 Å². The summed E-state index contributed by atoms with van der Waals surface area (Å²) in [6.45, 7) is 0. The van der Waals surface area contributed by atoms with E-state index in [9.17, 15) is 9.42 Å². The van der Waals surface area contributed by atoms with Crippen molar-refractivity contribution in [3.8, 4) is 0 Å². The standard InChI is InChI=1S/C3H3N2O2S/c6-5-4-2-1-3-8(5)7/h1-3H/q-1. The molecule has 1 heterocycles. The van der Waals surface area contributed by atoms with E-state index in [-0.39, 0.29) is 4.58 Å². The van der Waals surface area contributed by atoms with Crippen molar-refractivity contribution in [1.82, 2.24) is 4.58 Å². The molecule has 0 radical (unpaired) electrons. The summed E-state index contributed by atoms with van der Waals surface area (Å²) in [6, 6.07) is 0. The normalized spacial score (nSPS) is 26.6. The fourth-order valence-electron chi connectivity index (χ4n) is 0.294. The highest BCUT2D eigenvalue weighted by molar-refractivity contribution is 7.85. The lowest BCUT2D eigenvalue weighted by atomic mass is 10.7. The highest BCUT2D eigenvalue weighted by atomic mass is 32.2. The molecule has 0 saturated heterocycles. The molecule has 0 amide bonds. The molecular weight excluding hydrogens is 128 g/mol. The van der Waals surface area contributed by atoms with E-state index in [0.29, 0.717) is 0 Å². The summed E-state index contributed by atoms with van der Waals surface area (Å²) < 4.78 is 10.5. The molecule has 0 spiro atoms. The molecule has 0 N–H and O–H groups in total. The summed E-state index contributed by atoms with van der Waals surface area (Å²) in [5, 5.41) is 14.6. The van der Waals surface area contributed by atoms with Crippen molar-refractivity contribution >= 4 is 17.2 Å². The van der Waals surface area contributed by atoms with E-state index in [4.69, 9.17) is 0 Å². The smallest absolute Gasteiger partial charge is 0.151 e. The number of hydrogen-bond donors (Lipinski definition) is 0. The molecule has 1 aliphatic rings. The van der Waals surface area contributed by atoms with Crippen LogP contribution in [0.3, 0.4) is 0 Å². The fourth-order valence-corrected chi connectivity index (χ4v) is 0.750. The second-order valence-electron chi connectivity index (χ2n) is 1.11. The average Bonchev–Trinajstić information content (AvgIpc) is 1.77. The maximum absolute atomic E-state index is 10.3. The number of rotatable bonds is 0. The summed E-state index contributed by atoms with van der Waals surface area (Å²) >= 11 is 0. The van der Waals surface area contributed by atoms with E-state index in [2.05, 4.69) is 5.10 Å². The predicted molar refractivity (Wildman–Crippen MR) is 31.0 cm³/mol. The zero-order valence-corrected chi connectivity index (χ0v) is 4.67. The Hall–Kier alpha value is -0.680. The molecule has 1 unspecified atom stereocenters. The lowest BCUT2D eigenvalue weighted by Crippen LogP contribution is -2.12. The second kappa shape index (κ2) is 2.06. The van der Waals surface area contributed by atoms with Gasteiger partial charge in [-0.2, -0.15) is 5.10 Å². The number of nitrogens with zero attached hydrogens (tertiary/aromatic N) is 2. The van der Waals surface area contributed by atoms with Crippen LogP contribution in [0.25, 0.3) is 0 Å². The Morgan fingerprint density at radius 2 is 2.50 bits per heavy atom. The Bertz CT molecular complexity index is 165. The second-order valence-corrected chi connectivity index (χ2v) is 2.24. The first-order valence-electron chi connectivity index (χ1n) is 1.89. The van der Waals surface area contributed by atoms with Crippen LogP contribution in [0.15, 0.2) is 16.6 Å². The predicted octanol–water partition coefficient (Wildman–Crippen LogP) is -0.0370. The molecule has 44 valence electrons. The third-order valence-electron chi connectivity index (χ3n) is 0.596. The van der Waals surface area contributed by atoms with Crippen LogP contribution < -0.4 is 0 Å². The van der Waals surface area contributed by atoms with Crippen molar-refractivity contribution in [1.29, 1.82) is 0 Å². The van der Waals surface area contributed by atoms with Gasteiger partial charge in [0.25, 0.3) is 0 Å². The molecule has 4 nitrogen and oxygen atoms in total. The van der Waals surface area contributed by atoms with Crippen LogP contribution in [0.2, 0.25) is 0 Å². The average molecular weight is 131 g/mol. The largest absolute Gasteiger partial charge is 0.729 e. The SMILES string of the molecule is O=S1C=CC=NN1[O-]. The first kappa shape index (κ1) is 5.46.